The molecule has 0 spiro atoms. The molecule has 0 saturated carbocycles. The van der Waals surface area contributed by atoms with Gasteiger partial charge in [0.15, 0.2) is 4.96 Å². The summed E-state index contributed by atoms with van der Waals surface area (Å²) in [6, 6.07) is 18.2. The summed E-state index contributed by atoms with van der Waals surface area (Å²) in [5, 5.41) is 2.95. The molecule has 0 unspecified atom stereocenters. The van der Waals surface area contributed by atoms with E-state index in [0.29, 0.717) is 12.2 Å². The van der Waals surface area contributed by atoms with Crippen molar-refractivity contribution in [1.29, 1.82) is 0 Å². The first-order valence-corrected chi connectivity index (χ1v) is 9.99. The maximum Gasteiger partial charge on any atom is 0.271 e. The van der Waals surface area contributed by atoms with E-state index >= 15 is 0 Å². The molecule has 0 radical (unpaired) electrons. The van der Waals surface area contributed by atoms with Crippen LogP contribution in [0, 0.1) is 0 Å². The van der Waals surface area contributed by atoms with E-state index in [4.69, 9.17) is 4.74 Å². The van der Waals surface area contributed by atoms with Gasteiger partial charge in [0, 0.05) is 18.9 Å². The van der Waals surface area contributed by atoms with Gasteiger partial charge in [-0.2, -0.15) is 0 Å². The third-order valence-electron chi connectivity index (χ3n) is 4.53. The number of aryl methyl sites for hydroxylation is 1. The number of ether oxygens (including phenoxy) is 1. The largest absolute Gasteiger partial charge is 0.497 e. The minimum absolute atomic E-state index is 0.130. The minimum Gasteiger partial charge on any atom is -0.497 e. The minimum atomic E-state index is -0.130. The van der Waals surface area contributed by atoms with Crippen LogP contribution in [0.25, 0.3) is 15.4 Å². The van der Waals surface area contributed by atoms with Crippen LogP contribution in [-0.4, -0.2) is 28.9 Å². The SMILES string of the molecule is COc1ccc(-c2cn3cc(C(=O)NCCCc4ccccc4)nc3s2)cc1. The van der Waals surface area contributed by atoms with E-state index in [9.17, 15) is 4.79 Å². The van der Waals surface area contributed by atoms with Gasteiger partial charge < -0.3 is 10.1 Å². The predicted molar refractivity (Wildman–Crippen MR) is 112 cm³/mol. The number of carbonyl (C=O) groups is 1. The molecule has 4 rings (SSSR count). The van der Waals surface area contributed by atoms with Gasteiger partial charge in [-0.25, -0.2) is 4.98 Å². The van der Waals surface area contributed by atoms with Gasteiger partial charge in [0.25, 0.3) is 5.91 Å². The number of aromatic nitrogens is 2. The van der Waals surface area contributed by atoms with Crippen LogP contribution >= 0.6 is 11.3 Å². The molecule has 1 N–H and O–H groups in total. The second kappa shape index (κ2) is 8.27. The fourth-order valence-electron chi connectivity index (χ4n) is 3.02. The number of nitrogens with one attached hydrogen (secondary N) is 1. The van der Waals surface area contributed by atoms with Crippen molar-refractivity contribution in [3.8, 4) is 16.2 Å². The molecule has 5 nitrogen and oxygen atoms in total. The van der Waals surface area contributed by atoms with Crippen molar-refractivity contribution < 1.29 is 9.53 Å². The Morgan fingerprint density at radius 1 is 1.11 bits per heavy atom. The van der Waals surface area contributed by atoms with Crippen molar-refractivity contribution in [2.75, 3.05) is 13.7 Å². The zero-order chi connectivity index (χ0) is 19.3. The van der Waals surface area contributed by atoms with E-state index in [1.807, 2.05) is 53.1 Å². The summed E-state index contributed by atoms with van der Waals surface area (Å²) < 4.78 is 7.10. The lowest BCUT2D eigenvalue weighted by molar-refractivity contribution is 0.0949. The molecule has 0 atom stereocenters. The van der Waals surface area contributed by atoms with Crippen molar-refractivity contribution in [2.24, 2.45) is 0 Å². The molecule has 4 aromatic rings. The lowest BCUT2D eigenvalue weighted by Crippen LogP contribution is -2.25. The van der Waals surface area contributed by atoms with Crippen molar-refractivity contribution in [3.05, 3.63) is 78.2 Å². The molecule has 2 heterocycles. The molecule has 1 amide bonds. The normalized spacial score (nSPS) is 10.9. The molecule has 0 bridgehead atoms. The van der Waals surface area contributed by atoms with Crippen LogP contribution in [0.3, 0.4) is 0 Å². The van der Waals surface area contributed by atoms with Crippen LogP contribution in [-0.2, 0) is 6.42 Å². The van der Waals surface area contributed by atoms with Gasteiger partial charge in [0.05, 0.1) is 12.0 Å². The highest BCUT2D eigenvalue weighted by atomic mass is 32.1. The Hall–Kier alpha value is -3.12. The number of imidazole rings is 1. The van der Waals surface area contributed by atoms with Gasteiger partial charge in [-0.3, -0.25) is 9.20 Å². The maximum absolute atomic E-state index is 12.4. The summed E-state index contributed by atoms with van der Waals surface area (Å²) in [6.45, 7) is 0.635. The van der Waals surface area contributed by atoms with Crippen molar-refractivity contribution in [1.82, 2.24) is 14.7 Å². The van der Waals surface area contributed by atoms with Crippen LogP contribution in [0.1, 0.15) is 22.5 Å². The number of amides is 1. The Morgan fingerprint density at radius 3 is 2.61 bits per heavy atom. The summed E-state index contributed by atoms with van der Waals surface area (Å²) in [5.74, 6) is 0.700. The molecule has 142 valence electrons. The zero-order valence-electron chi connectivity index (χ0n) is 15.6. The molecule has 2 aromatic heterocycles. The number of methoxy groups -OCH3 is 1. The van der Waals surface area contributed by atoms with E-state index in [2.05, 4.69) is 22.4 Å². The molecule has 0 fully saturated rings. The first kappa shape index (κ1) is 18.3. The van der Waals surface area contributed by atoms with Gasteiger partial charge in [-0.1, -0.05) is 41.7 Å². The molecule has 2 aromatic carbocycles. The summed E-state index contributed by atoms with van der Waals surface area (Å²) in [5.41, 5.74) is 2.83. The van der Waals surface area contributed by atoms with Crippen LogP contribution in [0.15, 0.2) is 67.0 Å². The Bertz CT molecular complexity index is 1040. The van der Waals surface area contributed by atoms with E-state index in [1.165, 1.54) is 5.56 Å². The Morgan fingerprint density at radius 2 is 1.89 bits per heavy atom. The van der Waals surface area contributed by atoms with Crippen molar-refractivity contribution in [2.45, 2.75) is 12.8 Å². The van der Waals surface area contributed by atoms with Gasteiger partial charge in [0.2, 0.25) is 0 Å². The van der Waals surface area contributed by atoms with E-state index in [0.717, 1.165) is 34.0 Å². The Labute approximate surface area is 167 Å². The van der Waals surface area contributed by atoms with Gasteiger partial charge in [-0.15, -0.1) is 0 Å². The highest BCUT2D eigenvalue weighted by Gasteiger charge is 2.13. The standard InChI is InChI=1S/C22H21N3O2S/c1-27-18-11-9-17(10-12-18)20-15-25-14-19(24-22(25)28-20)21(26)23-13-5-8-16-6-3-2-4-7-16/h2-4,6-7,9-12,14-15H,5,8,13H2,1H3,(H,23,26). The quantitative estimate of drug-likeness (QED) is 0.474. The number of hydrogen-bond acceptors (Lipinski definition) is 4. The second-order valence-electron chi connectivity index (χ2n) is 6.48. The molecule has 6 heteroatoms. The third-order valence-corrected chi connectivity index (χ3v) is 5.58. The first-order valence-electron chi connectivity index (χ1n) is 9.18. The second-order valence-corrected chi connectivity index (χ2v) is 7.49. The lowest BCUT2D eigenvalue weighted by atomic mass is 10.1. The number of benzene rings is 2. The fourth-order valence-corrected chi connectivity index (χ4v) is 4.00. The first-order chi connectivity index (χ1) is 13.7. The summed E-state index contributed by atoms with van der Waals surface area (Å²) in [4.78, 5) is 18.7. The average molecular weight is 391 g/mol. The number of thiazole rings is 1. The fraction of sp³-hybridized carbons (Fsp3) is 0.182. The van der Waals surface area contributed by atoms with Gasteiger partial charge in [-0.05, 0) is 48.2 Å². The lowest BCUT2D eigenvalue weighted by Gasteiger charge is -2.03. The molecule has 0 saturated heterocycles. The van der Waals surface area contributed by atoms with Crippen molar-refractivity contribution in [3.63, 3.8) is 0 Å². The number of nitrogens with zero attached hydrogens (tertiary/aromatic N) is 2. The maximum atomic E-state index is 12.4. The highest BCUT2D eigenvalue weighted by molar-refractivity contribution is 7.20. The van der Waals surface area contributed by atoms with Crippen LogP contribution in [0.4, 0.5) is 0 Å². The monoisotopic (exact) mass is 391 g/mol. The Kier molecular flexibility index (Phi) is 5.39. The van der Waals surface area contributed by atoms with Gasteiger partial charge >= 0.3 is 0 Å². The third kappa shape index (κ3) is 4.07. The topological polar surface area (TPSA) is 55.6 Å². The summed E-state index contributed by atoms with van der Waals surface area (Å²) in [6.07, 6.45) is 5.64. The molecular formula is C22H21N3O2S. The van der Waals surface area contributed by atoms with Crippen LogP contribution in [0.5, 0.6) is 5.75 Å². The highest BCUT2D eigenvalue weighted by Crippen LogP contribution is 2.29. The van der Waals surface area contributed by atoms with Crippen molar-refractivity contribution >= 4 is 22.2 Å². The average Bonchev–Trinajstić information content (AvgIpc) is 3.31. The zero-order valence-corrected chi connectivity index (χ0v) is 16.4. The number of fused-ring (bicyclic) bond motifs is 1. The van der Waals surface area contributed by atoms with E-state index in [-0.39, 0.29) is 5.91 Å². The number of carbonyl (C=O) groups excluding carboxylic acids is 1. The number of hydrogen-bond donors (Lipinski definition) is 1. The van der Waals surface area contributed by atoms with E-state index < -0.39 is 0 Å². The Balaban J connectivity index is 1.36. The predicted octanol–water partition coefficient (Wildman–Crippen LogP) is 4.43. The molecular weight excluding hydrogens is 370 g/mol. The molecule has 0 aliphatic carbocycles. The van der Waals surface area contributed by atoms with Gasteiger partial charge in [0.1, 0.15) is 11.4 Å². The summed E-state index contributed by atoms with van der Waals surface area (Å²) >= 11 is 1.56. The van der Waals surface area contributed by atoms with E-state index in [1.54, 1.807) is 24.6 Å². The molecule has 0 aliphatic heterocycles. The van der Waals surface area contributed by atoms with Crippen LogP contribution < -0.4 is 10.1 Å². The van der Waals surface area contributed by atoms with Crippen LogP contribution in [0.2, 0.25) is 0 Å². The smallest absolute Gasteiger partial charge is 0.271 e. The molecule has 0 aliphatic rings. The summed E-state index contributed by atoms with van der Waals surface area (Å²) in [7, 11) is 1.66. The number of rotatable bonds is 7. The molecule has 28 heavy (non-hydrogen) atoms.